The molecule has 1 atom stereocenters. The van der Waals surface area contributed by atoms with Crippen molar-refractivity contribution in [2.24, 2.45) is 0 Å². The van der Waals surface area contributed by atoms with E-state index in [1.165, 1.54) is 30.1 Å². The highest BCUT2D eigenvalue weighted by Crippen LogP contribution is 2.24. The van der Waals surface area contributed by atoms with Crippen LogP contribution in [0.25, 0.3) is 10.9 Å². The van der Waals surface area contributed by atoms with Gasteiger partial charge in [-0.3, -0.25) is 9.59 Å². The Morgan fingerprint density at radius 3 is 2.85 bits per heavy atom. The van der Waals surface area contributed by atoms with E-state index in [0.29, 0.717) is 23.3 Å². The van der Waals surface area contributed by atoms with Crippen LogP contribution in [0.1, 0.15) is 29.0 Å². The van der Waals surface area contributed by atoms with Crippen molar-refractivity contribution in [3.63, 3.8) is 0 Å². The van der Waals surface area contributed by atoms with Gasteiger partial charge in [-0.1, -0.05) is 23.7 Å². The lowest BCUT2D eigenvalue weighted by Gasteiger charge is -2.18. The Morgan fingerprint density at radius 2 is 2.09 bits per heavy atom. The van der Waals surface area contributed by atoms with Gasteiger partial charge in [0.15, 0.2) is 0 Å². The van der Waals surface area contributed by atoms with Crippen molar-refractivity contribution in [2.75, 3.05) is 20.2 Å². The summed E-state index contributed by atoms with van der Waals surface area (Å²) in [6.45, 7) is 0.777. The quantitative estimate of drug-likeness (QED) is 0.524. The number of fused-ring (bicyclic) bond motifs is 1. The second-order valence-corrected chi connectivity index (χ2v) is 9.97. The van der Waals surface area contributed by atoms with Crippen LogP contribution in [0.2, 0.25) is 5.02 Å². The summed E-state index contributed by atoms with van der Waals surface area (Å²) in [6, 6.07) is 11.0. The molecule has 0 aliphatic carbocycles. The lowest BCUT2D eigenvalue weighted by molar-refractivity contribution is 0.0781. The standard InChI is InChI=1S/C22H23ClN4O5S/c1-27(13-20-25-18-7-3-2-6-16(18)21(28)26-20)22(29)14-8-9-17(23)19(11-14)33(30,31)24-12-15-5-4-10-32-15/h2-3,6-9,11,15,24H,4-5,10,12-13H2,1H3,(H,25,26,28)/t15-/m0/s1. The molecule has 9 nitrogen and oxygen atoms in total. The van der Waals surface area contributed by atoms with Crippen molar-refractivity contribution < 1.29 is 17.9 Å². The summed E-state index contributed by atoms with van der Waals surface area (Å²) in [7, 11) is -2.40. The summed E-state index contributed by atoms with van der Waals surface area (Å²) in [4.78, 5) is 33.5. The van der Waals surface area contributed by atoms with Crippen molar-refractivity contribution in [2.45, 2.75) is 30.4 Å². The predicted molar refractivity (Wildman–Crippen MR) is 124 cm³/mol. The molecule has 2 aromatic carbocycles. The van der Waals surface area contributed by atoms with Crippen LogP contribution in [0.15, 0.2) is 52.2 Å². The minimum Gasteiger partial charge on any atom is -0.377 e. The lowest BCUT2D eigenvalue weighted by atomic mass is 10.2. The van der Waals surface area contributed by atoms with Crippen LogP contribution < -0.4 is 10.3 Å². The number of benzene rings is 2. The van der Waals surface area contributed by atoms with Crippen LogP contribution in [0, 0.1) is 0 Å². The lowest BCUT2D eigenvalue weighted by Crippen LogP contribution is -2.32. The number of rotatable bonds is 7. The normalized spacial score (nSPS) is 16.2. The van der Waals surface area contributed by atoms with Gasteiger partial charge in [-0.25, -0.2) is 18.1 Å². The Bertz CT molecular complexity index is 1350. The fourth-order valence-electron chi connectivity index (χ4n) is 3.65. The first-order valence-electron chi connectivity index (χ1n) is 10.4. The summed E-state index contributed by atoms with van der Waals surface area (Å²) >= 11 is 6.14. The second-order valence-electron chi connectivity index (χ2n) is 7.82. The fraction of sp³-hybridized carbons (Fsp3) is 0.318. The van der Waals surface area contributed by atoms with Crippen LogP contribution in [0.5, 0.6) is 0 Å². The zero-order chi connectivity index (χ0) is 23.6. The summed E-state index contributed by atoms with van der Waals surface area (Å²) in [5.74, 6) is -0.132. The number of aromatic nitrogens is 2. The molecule has 1 fully saturated rings. The third-order valence-electron chi connectivity index (χ3n) is 5.39. The largest absolute Gasteiger partial charge is 0.377 e. The van der Waals surface area contributed by atoms with Gasteiger partial charge in [0.25, 0.3) is 11.5 Å². The highest BCUT2D eigenvalue weighted by molar-refractivity contribution is 7.89. The molecule has 0 radical (unpaired) electrons. The first-order valence-corrected chi connectivity index (χ1v) is 12.2. The van der Waals surface area contributed by atoms with Gasteiger partial charge in [-0.05, 0) is 43.2 Å². The zero-order valence-corrected chi connectivity index (χ0v) is 19.4. The molecule has 1 aliphatic heterocycles. The maximum Gasteiger partial charge on any atom is 0.258 e. The number of para-hydroxylation sites is 1. The number of nitrogens with one attached hydrogen (secondary N) is 2. The number of nitrogens with zero attached hydrogens (tertiary/aromatic N) is 2. The summed E-state index contributed by atoms with van der Waals surface area (Å²) < 4.78 is 33.5. The van der Waals surface area contributed by atoms with Gasteiger partial charge >= 0.3 is 0 Å². The van der Waals surface area contributed by atoms with Gasteiger partial charge in [0, 0.05) is 25.8 Å². The predicted octanol–water partition coefficient (Wildman–Crippen LogP) is 2.31. The minimum atomic E-state index is -3.94. The number of carbonyl (C=O) groups is 1. The molecule has 11 heteroatoms. The summed E-state index contributed by atoms with van der Waals surface area (Å²) in [6.07, 6.45) is 1.50. The Kier molecular flexibility index (Phi) is 6.80. The van der Waals surface area contributed by atoms with Gasteiger partial charge < -0.3 is 14.6 Å². The summed E-state index contributed by atoms with van der Waals surface area (Å²) in [5.41, 5.74) is 0.366. The average Bonchev–Trinajstić information content (AvgIpc) is 3.31. The van der Waals surface area contributed by atoms with E-state index in [4.69, 9.17) is 16.3 Å². The molecule has 1 aliphatic rings. The molecule has 3 aromatic rings. The molecule has 174 valence electrons. The maximum absolute atomic E-state index is 13.0. The van der Waals surface area contributed by atoms with Crippen LogP contribution in [0.3, 0.4) is 0 Å². The topological polar surface area (TPSA) is 121 Å². The fourth-order valence-corrected chi connectivity index (χ4v) is 5.24. The number of hydrogen-bond acceptors (Lipinski definition) is 6. The number of H-pyrrole nitrogens is 1. The van der Waals surface area contributed by atoms with Crippen molar-refractivity contribution in [1.29, 1.82) is 0 Å². The highest BCUT2D eigenvalue weighted by Gasteiger charge is 2.24. The van der Waals surface area contributed by atoms with E-state index in [1.807, 2.05) is 0 Å². The maximum atomic E-state index is 13.0. The third kappa shape index (κ3) is 5.25. The Labute approximate surface area is 195 Å². The van der Waals surface area contributed by atoms with Crippen molar-refractivity contribution in [3.05, 3.63) is 69.2 Å². The molecule has 2 N–H and O–H groups in total. The SMILES string of the molecule is CN(Cc1nc2ccccc2c(=O)[nH]1)C(=O)c1ccc(Cl)c(S(=O)(=O)NC[C@@H]2CCCO2)c1. The first kappa shape index (κ1) is 23.4. The molecule has 0 unspecified atom stereocenters. The van der Waals surface area contributed by atoms with Gasteiger partial charge in [0.1, 0.15) is 10.7 Å². The molecule has 0 spiro atoms. The number of hydrogen-bond donors (Lipinski definition) is 2. The number of ether oxygens (including phenoxy) is 1. The van der Waals surface area contributed by atoms with Gasteiger partial charge in [0.2, 0.25) is 10.0 Å². The van der Waals surface area contributed by atoms with E-state index >= 15 is 0 Å². The molecule has 1 aromatic heterocycles. The Balaban J connectivity index is 1.52. The molecule has 0 bridgehead atoms. The van der Waals surface area contributed by atoms with E-state index < -0.39 is 15.9 Å². The van der Waals surface area contributed by atoms with Crippen molar-refractivity contribution >= 4 is 38.4 Å². The van der Waals surface area contributed by atoms with Crippen LogP contribution in [0.4, 0.5) is 0 Å². The van der Waals surface area contributed by atoms with Crippen LogP contribution in [-0.4, -0.2) is 55.5 Å². The molecule has 0 saturated carbocycles. The minimum absolute atomic E-state index is 0.00886. The van der Waals surface area contributed by atoms with E-state index in [9.17, 15) is 18.0 Å². The molecule has 1 saturated heterocycles. The van der Waals surface area contributed by atoms with Gasteiger partial charge in [0.05, 0.1) is 28.6 Å². The molecule has 4 rings (SSSR count). The van der Waals surface area contributed by atoms with Crippen LogP contribution >= 0.6 is 11.6 Å². The van der Waals surface area contributed by atoms with Gasteiger partial charge in [-0.15, -0.1) is 0 Å². The molecule has 1 amide bonds. The number of amides is 1. The number of aromatic amines is 1. The Morgan fingerprint density at radius 1 is 1.30 bits per heavy atom. The van der Waals surface area contributed by atoms with E-state index in [1.54, 1.807) is 24.3 Å². The van der Waals surface area contributed by atoms with Crippen LogP contribution in [-0.2, 0) is 21.3 Å². The number of halogens is 1. The van der Waals surface area contributed by atoms with E-state index in [0.717, 1.165) is 12.8 Å². The zero-order valence-electron chi connectivity index (χ0n) is 17.9. The smallest absolute Gasteiger partial charge is 0.258 e. The van der Waals surface area contributed by atoms with E-state index in [2.05, 4.69) is 14.7 Å². The molecular formula is C22H23ClN4O5S. The molecular weight excluding hydrogens is 468 g/mol. The monoisotopic (exact) mass is 490 g/mol. The number of sulfonamides is 1. The Hall–Kier alpha value is -2.79. The van der Waals surface area contributed by atoms with Crippen molar-refractivity contribution in [3.8, 4) is 0 Å². The first-order chi connectivity index (χ1) is 15.7. The third-order valence-corrected chi connectivity index (χ3v) is 7.29. The molecule has 2 heterocycles. The van der Waals surface area contributed by atoms with Crippen molar-refractivity contribution in [1.82, 2.24) is 19.6 Å². The van der Waals surface area contributed by atoms with Gasteiger partial charge in [-0.2, -0.15) is 0 Å². The molecule has 33 heavy (non-hydrogen) atoms. The highest BCUT2D eigenvalue weighted by atomic mass is 35.5. The van der Waals surface area contributed by atoms with E-state index in [-0.39, 0.29) is 40.2 Å². The second kappa shape index (κ2) is 9.60. The number of carbonyl (C=O) groups excluding carboxylic acids is 1. The average molecular weight is 491 g/mol. The summed E-state index contributed by atoms with van der Waals surface area (Å²) in [5, 5.41) is 0.466.